The molecular weight excluding hydrogens is 388 g/mol. The monoisotopic (exact) mass is 416 g/mol. The Morgan fingerprint density at radius 1 is 0.677 bits per heavy atom. The van der Waals surface area contributed by atoms with E-state index in [1.54, 1.807) is 9.80 Å². The molecule has 0 radical (unpaired) electrons. The number of nitriles is 2. The van der Waals surface area contributed by atoms with Crippen molar-refractivity contribution < 1.29 is 9.59 Å². The van der Waals surface area contributed by atoms with Crippen molar-refractivity contribution in [2.75, 3.05) is 13.1 Å². The summed E-state index contributed by atoms with van der Waals surface area (Å²) in [5.74, 6) is -0.114. The van der Waals surface area contributed by atoms with E-state index in [0.717, 1.165) is 11.1 Å². The average Bonchev–Trinajstić information content (AvgIpc) is 2.80. The highest BCUT2D eigenvalue weighted by Crippen LogP contribution is 2.12. The zero-order valence-corrected chi connectivity index (χ0v) is 17.7. The van der Waals surface area contributed by atoms with Gasteiger partial charge in [0.2, 0.25) is 11.8 Å². The summed E-state index contributed by atoms with van der Waals surface area (Å²) in [5.41, 5.74) is 2.02. The number of carbonyl (C=O) groups excluding carboxylic acids is 2. The fourth-order valence-corrected chi connectivity index (χ4v) is 3.27. The molecule has 31 heavy (non-hydrogen) atoms. The minimum atomic E-state index is -0.0569. The lowest BCUT2D eigenvalue weighted by Crippen LogP contribution is -2.33. The highest BCUT2D eigenvalue weighted by molar-refractivity contribution is 5.79. The number of rotatable bonds is 12. The van der Waals surface area contributed by atoms with Gasteiger partial charge in [0.05, 0.1) is 25.0 Å². The zero-order valence-electron chi connectivity index (χ0n) is 17.7. The summed E-state index contributed by atoms with van der Waals surface area (Å²) in [7, 11) is 0. The van der Waals surface area contributed by atoms with E-state index in [9.17, 15) is 9.59 Å². The van der Waals surface area contributed by atoms with Gasteiger partial charge >= 0.3 is 0 Å². The van der Waals surface area contributed by atoms with Gasteiger partial charge in [0, 0.05) is 39.0 Å². The maximum Gasteiger partial charge on any atom is 0.222 e. The van der Waals surface area contributed by atoms with Crippen LogP contribution in [0.25, 0.3) is 0 Å². The lowest BCUT2D eigenvalue weighted by atomic mass is 10.1. The number of nitrogens with zero attached hydrogens (tertiary/aromatic N) is 4. The van der Waals surface area contributed by atoms with E-state index >= 15 is 0 Å². The second kappa shape index (κ2) is 13.6. The van der Waals surface area contributed by atoms with Crippen LogP contribution in [0.1, 0.15) is 43.2 Å². The molecule has 0 saturated heterocycles. The smallest absolute Gasteiger partial charge is 0.222 e. The average molecular weight is 417 g/mol. The van der Waals surface area contributed by atoms with Crippen LogP contribution in [0.2, 0.25) is 0 Å². The van der Waals surface area contributed by atoms with E-state index in [4.69, 9.17) is 10.5 Å². The van der Waals surface area contributed by atoms with Crippen LogP contribution in [0.15, 0.2) is 60.7 Å². The van der Waals surface area contributed by atoms with Crippen molar-refractivity contribution in [2.24, 2.45) is 0 Å². The molecule has 0 aliphatic rings. The van der Waals surface area contributed by atoms with Crippen LogP contribution in [0.3, 0.4) is 0 Å². The normalized spacial score (nSPS) is 10.0. The number of hydrogen-bond donors (Lipinski definition) is 0. The van der Waals surface area contributed by atoms with Crippen molar-refractivity contribution >= 4 is 11.8 Å². The molecule has 2 rings (SSSR count). The highest BCUT2D eigenvalue weighted by Gasteiger charge is 2.17. The number of benzene rings is 2. The van der Waals surface area contributed by atoms with Gasteiger partial charge in [-0.1, -0.05) is 60.7 Å². The van der Waals surface area contributed by atoms with Gasteiger partial charge in [0.1, 0.15) is 0 Å². The summed E-state index contributed by atoms with van der Waals surface area (Å²) in [6.07, 6.45) is 1.49. The summed E-state index contributed by atoms with van der Waals surface area (Å²) in [6.45, 7) is 1.66. The summed E-state index contributed by atoms with van der Waals surface area (Å²) < 4.78 is 0. The molecule has 6 nitrogen and oxygen atoms in total. The third-order valence-corrected chi connectivity index (χ3v) is 4.91. The van der Waals surface area contributed by atoms with Crippen LogP contribution in [-0.4, -0.2) is 34.7 Å². The molecule has 6 heteroatoms. The van der Waals surface area contributed by atoms with Crippen LogP contribution in [0, 0.1) is 22.7 Å². The van der Waals surface area contributed by atoms with E-state index in [2.05, 4.69) is 12.1 Å². The lowest BCUT2D eigenvalue weighted by Gasteiger charge is -2.23. The van der Waals surface area contributed by atoms with Crippen molar-refractivity contribution in [3.63, 3.8) is 0 Å². The van der Waals surface area contributed by atoms with Crippen molar-refractivity contribution in [1.29, 1.82) is 10.5 Å². The Balaban J connectivity index is 1.89. The van der Waals surface area contributed by atoms with Crippen LogP contribution >= 0.6 is 0 Å². The van der Waals surface area contributed by atoms with Gasteiger partial charge in [-0.2, -0.15) is 10.5 Å². The van der Waals surface area contributed by atoms with Gasteiger partial charge in [-0.15, -0.1) is 0 Å². The molecule has 0 atom stereocenters. The fourth-order valence-electron chi connectivity index (χ4n) is 3.27. The Hall–Kier alpha value is -3.64. The molecule has 0 heterocycles. The summed E-state index contributed by atoms with van der Waals surface area (Å²) >= 11 is 0. The van der Waals surface area contributed by atoms with E-state index in [-0.39, 0.29) is 37.5 Å². The molecule has 0 N–H and O–H groups in total. The van der Waals surface area contributed by atoms with Crippen molar-refractivity contribution in [3.05, 3.63) is 71.8 Å². The molecule has 0 aromatic heterocycles. The second-order valence-electron chi connectivity index (χ2n) is 7.27. The Bertz CT molecular complexity index is 825. The molecule has 2 aromatic carbocycles. The first-order valence-electron chi connectivity index (χ1n) is 10.5. The molecule has 0 fully saturated rings. The molecule has 2 aromatic rings. The van der Waals surface area contributed by atoms with E-state index in [1.165, 1.54) is 0 Å². The predicted molar refractivity (Wildman–Crippen MR) is 118 cm³/mol. The molecule has 0 saturated carbocycles. The van der Waals surface area contributed by atoms with Gasteiger partial charge in [-0.05, 0) is 17.5 Å². The molecule has 0 unspecified atom stereocenters. The highest BCUT2D eigenvalue weighted by atomic mass is 16.2. The fraction of sp³-hybridized carbons (Fsp3) is 0.360. The SMILES string of the molecule is N#CCCN(Cc1ccccc1)C(=O)CCCC(=O)N(CCC#N)Cc1ccccc1. The zero-order chi connectivity index (χ0) is 22.3. The van der Waals surface area contributed by atoms with Crippen LogP contribution < -0.4 is 0 Å². The van der Waals surface area contributed by atoms with Crippen molar-refractivity contribution in [1.82, 2.24) is 9.80 Å². The van der Waals surface area contributed by atoms with Crippen LogP contribution in [-0.2, 0) is 22.7 Å². The van der Waals surface area contributed by atoms with Gasteiger partial charge in [0.25, 0.3) is 0 Å². The minimum Gasteiger partial charge on any atom is -0.337 e. The molecule has 0 spiro atoms. The van der Waals surface area contributed by atoms with E-state index < -0.39 is 0 Å². The molecular formula is C25H28N4O2. The van der Waals surface area contributed by atoms with Gasteiger partial charge < -0.3 is 9.80 Å². The first kappa shape index (κ1) is 23.6. The van der Waals surface area contributed by atoms with Crippen LogP contribution in [0.5, 0.6) is 0 Å². The third-order valence-electron chi connectivity index (χ3n) is 4.91. The van der Waals surface area contributed by atoms with Crippen molar-refractivity contribution in [2.45, 2.75) is 45.2 Å². The largest absolute Gasteiger partial charge is 0.337 e. The number of carbonyl (C=O) groups is 2. The molecule has 0 bridgehead atoms. The minimum absolute atomic E-state index is 0.0569. The molecule has 0 aliphatic carbocycles. The summed E-state index contributed by atoms with van der Waals surface area (Å²) in [4.78, 5) is 28.8. The van der Waals surface area contributed by atoms with E-state index in [1.807, 2.05) is 60.7 Å². The molecule has 160 valence electrons. The Morgan fingerprint density at radius 2 is 1.06 bits per heavy atom. The van der Waals surface area contributed by atoms with Gasteiger partial charge in [-0.25, -0.2) is 0 Å². The van der Waals surface area contributed by atoms with Crippen LogP contribution in [0.4, 0.5) is 0 Å². The Labute approximate surface area is 184 Å². The number of amides is 2. The standard InChI is InChI=1S/C25H28N4O2/c26-16-8-18-28(20-22-10-3-1-4-11-22)24(30)14-7-15-25(31)29(19-9-17-27)21-23-12-5-2-6-13-23/h1-6,10-13H,7-9,14-15,18-21H2. The molecule has 0 aliphatic heterocycles. The topological polar surface area (TPSA) is 88.2 Å². The summed E-state index contributed by atoms with van der Waals surface area (Å²) in [6, 6.07) is 23.5. The third kappa shape index (κ3) is 8.72. The quantitative estimate of drug-likeness (QED) is 0.522. The van der Waals surface area contributed by atoms with Crippen molar-refractivity contribution in [3.8, 4) is 12.1 Å². The van der Waals surface area contributed by atoms with E-state index in [0.29, 0.717) is 32.6 Å². The first-order valence-corrected chi connectivity index (χ1v) is 10.5. The van der Waals surface area contributed by atoms with Gasteiger partial charge in [-0.3, -0.25) is 9.59 Å². The van der Waals surface area contributed by atoms with Gasteiger partial charge in [0.15, 0.2) is 0 Å². The molecule has 2 amide bonds. The first-order chi connectivity index (χ1) is 15.1. The predicted octanol–water partition coefficient (Wildman–Crippen LogP) is 4.04. The Kier molecular flexibility index (Phi) is 10.3. The lowest BCUT2D eigenvalue weighted by molar-refractivity contribution is -0.133. The second-order valence-corrected chi connectivity index (χ2v) is 7.27. The number of hydrogen-bond acceptors (Lipinski definition) is 4. The summed E-state index contributed by atoms with van der Waals surface area (Å²) in [5, 5.41) is 17.8. The maximum atomic E-state index is 12.7. The Morgan fingerprint density at radius 3 is 1.42 bits per heavy atom. The maximum absolute atomic E-state index is 12.7.